The fraction of sp³-hybridized carbons (Fsp3) is 0.391. The second-order valence-electron chi connectivity index (χ2n) is 18.2. The molecule has 3 aromatic carbocycles. The SMILES string of the molecule is c1cc2c3cc4c(cc3n3c5cnc6c(c5c(c1)c23)C1CC2CC(CC6C2)C1)c1cccc2c3c5c(ncc3n4c12)C1CC2CC(C1)CC5C2. The molecule has 0 amide bonds. The molecule has 6 heterocycles. The average molecular weight is 647 g/mol. The zero-order valence-corrected chi connectivity index (χ0v) is 28.3. The van der Waals surface area contributed by atoms with Crippen molar-refractivity contribution in [2.45, 2.75) is 87.9 Å². The van der Waals surface area contributed by atoms with Crippen molar-refractivity contribution in [3.8, 4) is 0 Å². The van der Waals surface area contributed by atoms with Crippen LogP contribution in [-0.2, 0) is 0 Å². The van der Waals surface area contributed by atoms with Gasteiger partial charge in [-0.2, -0.15) is 0 Å². The first-order valence-corrected chi connectivity index (χ1v) is 19.8. The van der Waals surface area contributed by atoms with Crippen LogP contribution in [0.3, 0.4) is 0 Å². The summed E-state index contributed by atoms with van der Waals surface area (Å²) in [6.07, 6.45) is 18.4. The lowest BCUT2D eigenvalue weighted by Gasteiger charge is -2.38. The third-order valence-electron chi connectivity index (χ3n) is 15.8. The Bertz CT molecular complexity index is 2780. The monoisotopic (exact) mass is 646 g/mol. The fourth-order valence-electron chi connectivity index (χ4n) is 14.6. The number of aromatic nitrogens is 4. The van der Waals surface area contributed by atoms with Gasteiger partial charge in [-0.15, -0.1) is 0 Å². The molecule has 0 radical (unpaired) electrons. The van der Waals surface area contributed by atoms with Gasteiger partial charge in [0.25, 0.3) is 0 Å². The second-order valence-corrected chi connectivity index (χ2v) is 18.2. The highest BCUT2D eigenvalue weighted by atomic mass is 15.0. The molecule has 8 aliphatic rings. The maximum absolute atomic E-state index is 5.41. The summed E-state index contributed by atoms with van der Waals surface area (Å²) < 4.78 is 5.22. The minimum absolute atomic E-state index is 0.658. The Morgan fingerprint density at radius 2 is 0.820 bits per heavy atom. The molecule has 8 aliphatic carbocycles. The molecule has 4 heteroatoms. The third-order valence-corrected chi connectivity index (χ3v) is 15.8. The van der Waals surface area contributed by atoms with E-state index in [9.17, 15) is 0 Å². The first-order valence-electron chi connectivity index (χ1n) is 19.8. The molecule has 50 heavy (non-hydrogen) atoms. The maximum atomic E-state index is 5.41. The van der Waals surface area contributed by atoms with Gasteiger partial charge in [0, 0.05) is 66.3 Å². The Kier molecular flexibility index (Phi) is 4.18. The molecule has 4 atom stereocenters. The van der Waals surface area contributed by atoms with Crippen molar-refractivity contribution in [2.24, 2.45) is 23.7 Å². The Morgan fingerprint density at radius 1 is 0.420 bits per heavy atom. The lowest BCUT2D eigenvalue weighted by atomic mass is 9.67. The molecule has 4 saturated carbocycles. The standard InChI is InChI=1S/C46H38N4/c1-3-29-33-17-36-34(18-35(33)49-37-19-47-43-27-13-21-7-22(14-27)10-25(9-21)39(43)41(37)31(5-1)45(29)49)30-4-2-6-32-42-38(50(36)46(30)32)20-48-44-28-15-23-8-24(16-28)12-26(11-23)40(42)44/h1-6,17-28H,7-16H2. The molecule has 4 fully saturated rings. The predicted molar refractivity (Wildman–Crippen MR) is 202 cm³/mol. The van der Waals surface area contributed by atoms with Crippen LogP contribution in [-0.4, -0.2) is 18.8 Å². The molecule has 6 aromatic heterocycles. The largest absolute Gasteiger partial charge is 0.306 e. The Balaban J connectivity index is 1.06. The van der Waals surface area contributed by atoms with Crippen LogP contribution in [0.5, 0.6) is 0 Å². The van der Waals surface area contributed by atoms with E-state index in [-0.39, 0.29) is 0 Å². The minimum Gasteiger partial charge on any atom is -0.306 e. The predicted octanol–water partition coefficient (Wildman–Crippen LogP) is 11.6. The zero-order chi connectivity index (χ0) is 31.7. The fourth-order valence-corrected chi connectivity index (χ4v) is 14.6. The van der Waals surface area contributed by atoms with Gasteiger partial charge < -0.3 is 8.80 Å². The van der Waals surface area contributed by atoms with Crippen LogP contribution >= 0.6 is 0 Å². The minimum atomic E-state index is 0.658. The summed E-state index contributed by atoms with van der Waals surface area (Å²) in [6.45, 7) is 0. The van der Waals surface area contributed by atoms with Gasteiger partial charge in [0.1, 0.15) is 0 Å². The smallest absolute Gasteiger partial charge is 0.0728 e. The van der Waals surface area contributed by atoms with Crippen LogP contribution in [0.25, 0.3) is 76.2 Å². The van der Waals surface area contributed by atoms with Gasteiger partial charge in [0.15, 0.2) is 0 Å². The molecule has 0 N–H and O–H groups in total. The summed E-state index contributed by atoms with van der Waals surface area (Å²) in [5, 5.41) is 11.4. The Labute approximate surface area is 289 Å². The number of benzene rings is 3. The summed E-state index contributed by atoms with van der Waals surface area (Å²) >= 11 is 0. The molecule has 0 saturated heterocycles. The van der Waals surface area contributed by atoms with Crippen molar-refractivity contribution >= 4 is 76.2 Å². The number of fused-ring (bicyclic) bond motifs is 12. The Hall–Kier alpha value is -4.44. The summed E-state index contributed by atoms with van der Waals surface area (Å²) in [5.74, 6) is 6.25. The molecule has 0 aliphatic heterocycles. The van der Waals surface area contributed by atoms with Crippen LogP contribution in [0, 0.1) is 23.7 Å². The van der Waals surface area contributed by atoms with Gasteiger partial charge >= 0.3 is 0 Å². The summed E-state index contributed by atoms with van der Waals surface area (Å²) in [6, 6.07) is 19.3. The van der Waals surface area contributed by atoms with E-state index in [4.69, 9.17) is 9.97 Å². The first-order chi connectivity index (χ1) is 24.7. The number of hydrogen-bond acceptors (Lipinski definition) is 2. The van der Waals surface area contributed by atoms with Crippen molar-refractivity contribution in [3.05, 3.63) is 83.4 Å². The Morgan fingerprint density at radius 3 is 1.26 bits per heavy atom. The van der Waals surface area contributed by atoms with Crippen LogP contribution in [0.2, 0.25) is 0 Å². The van der Waals surface area contributed by atoms with E-state index >= 15 is 0 Å². The van der Waals surface area contributed by atoms with E-state index < -0.39 is 0 Å². The summed E-state index contributed by atoms with van der Waals surface area (Å²) in [7, 11) is 0. The molecule has 0 spiro atoms. The molecule has 4 unspecified atom stereocenters. The number of pyridine rings is 2. The third kappa shape index (κ3) is 2.74. The lowest BCUT2D eigenvalue weighted by molar-refractivity contribution is 0.165. The average Bonchev–Trinajstić information content (AvgIpc) is 3.78. The molecule has 8 bridgehead atoms. The van der Waals surface area contributed by atoms with Crippen molar-refractivity contribution in [1.29, 1.82) is 0 Å². The normalized spacial score (nSPS) is 31.2. The van der Waals surface area contributed by atoms with Gasteiger partial charge in [-0.3, -0.25) is 9.97 Å². The summed E-state index contributed by atoms with van der Waals surface area (Å²) in [5.41, 5.74) is 14.3. The number of rotatable bonds is 0. The van der Waals surface area contributed by atoms with Crippen LogP contribution < -0.4 is 0 Å². The maximum Gasteiger partial charge on any atom is 0.0728 e. The second kappa shape index (κ2) is 8.20. The van der Waals surface area contributed by atoms with Crippen LogP contribution in [0.4, 0.5) is 0 Å². The van der Waals surface area contributed by atoms with Gasteiger partial charge in [-0.25, -0.2) is 0 Å². The highest BCUT2D eigenvalue weighted by molar-refractivity contribution is 6.29. The van der Waals surface area contributed by atoms with Crippen molar-refractivity contribution < 1.29 is 0 Å². The highest BCUT2D eigenvalue weighted by Crippen LogP contribution is 2.60. The molecular formula is C46H38N4. The number of nitrogens with zero attached hydrogens (tertiary/aromatic N) is 4. The number of para-hydroxylation sites is 2. The van der Waals surface area contributed by atoms with Gasteiger partial charge in [0.05, 0.1) is 45.5 Å². The van der Waals surface area contributed by atoms with Crippen LogP contribution in [0.15, 0.2) is 60.9 Å². The van der Waals surface area contributed by atoms with Crippen molar-refractivity contribution in [2.75, 3.05) is 0 Å². The van der Waals surface area contributed by atoms with E-state index in [0.29, 0.717) is 23.7 Å². The molecule has 17 rings (SSSR count). The van der Waals surface area contributed by atoms with Crippen LogP contribution in [0.1, 0.15) is 110 Å². The molecular weight excluding hydrogens is 609 g/mol. The van der Waals surface area contributed by atoms with Crippen molar-refractivity contribution in [3.63, 3.8) is 0 Å². The topological polar surface area (TPSA) is 34.6 Å². The quantitative estimate of drug-likeness (QED) is 0.164. The van der Waals surface area contributed by atoms with Gasteiger partial charge in [0.2, 0.25) is 0 Å². The van der Waals surface area contributed by atoms with E-state index in [0.717, 1.165) is 23.7 Å². The molecule has 4 nitrogen and oxygen atoms in total. The zero-order valence-electron chi connectivity index (χ0n) is 28.3. The molecule has 9 aromatic rings. The van der Waals surface area contributed by atoms with E-state index in [1.807, 2.05) is 0 Å². The molecule has 242 valence electrons. The van der Waals surface area contributed by atoms with E-state index in [1.165, 1.54) is 152 Å². The van der Waals surface area contributed by atoms with E-state index in [1.54, 1.807) is 11.1 Å². The first kappa shape index (κ1) is 25.5. The lowest BCUT2D eigenvalue weighted by Crippen LogP contribution is -2.25. The van der Waals surface area contributed by atoms with Gasteiger partial charge in [-0.05, 0) is 123 Å². The highest BCUT2D eigenvalue weighted by Gasteiger charge is 2.45. The van der Waals surface area contributed by atoms with E-state index in [2.05, 4.69) is 69.7 Å². The van der Waals surface area contributed by atoms with Crippen molar-refractivity contribution in [1.82, 2.24) is 18.8 Å². The number of hydrogen-bond donors (Lipinski definition) is 0. The van der Waals surface area contributed by atoms with Gasteiger partial charge in [-0.1, -0.05) is 36.4 Å². The summed E-state index contributed by atoms with van der Waals surface area (Å²) in [4.78, 5) is 10.8.